The van der Waals surface area contributed by atoms with Crippen molar-refractivity contribution in [2.75, 3.05) is 26.7 Å². The van der Waals surface area contributed by atoms with Crippen LogP contribution in [-0.4, -0.2) is 82.5 Å². The van der Waals surface area contributed by atoms with Gasteiger partial charge in [-0.2, -0.15) is 4.31 Å². The van der Waals surface area contributed by atoms with E-state index in [0.717, 1.165) is 11.1 Å². The maximum atomic E-state index is 13.5. The van der Waals surface area contributed by atoms with Crippen LogP contribution in [0.3, 0.4) is 0 Å². The minimum Gasteiger partial charge on any atom is -0.394 e. The summed E-state index contributed by atoms with van der Waals surface area (Å²) in [5, 5.41) is 18.1. The lowest BCUT2D eigenvalue weighted by Gasteiger charge is -2.35. The van der Waals surface area contributed by atoms with Gasteiger partial charge >= 0.3 is 0 Å². The number of carbonyl (C=O) groups excluding carboxylic acids is 1. The molecule has 0 saturated heterocycles. The number of ether oxygens (including phenoxy) is 1. The second-order valence-electron chi connectivity index (χ2n) is 10.2. The lowest BCUT2D eigenvalue weighted by Crippen LogP contribution is -2.47. The molecule has 3 aromatic rings. The standard InChI is InChI=1S/C28H37N5O5S/c1-21-16-33(22(2)19-34)28(35)10-7-15-32-17-25(29-30-32)20-38-27(21)18-31(3)39(36,37)26-13-11-24(12-14-26)23-8-5-4-6-9-23/h4-6,8-9,11-14,17,21-22,27,34H,7,10,15-16,18-20H2,1-3H3/t21-,22+,27-/m0/s1. The van der Waals surface area contributed by atoms with Crippen LogP contribution in [0.2, 0.25) is 0 Å². The van der Waals surface area contributed by atoms with Gasteiger partial charge in [0.25, 0.3) is 0 Å². The van der Waals surface area contributed by atoms with Gasteiger partial charge in [-0.15, -0.1) is 5.10 Å². The number of aromatic nitrogens is 3. The summed E-state index contributed by atoms with van der Waals surface area (Å²) in [5.74, 6) is -0.293. The van der Waals surface area contributed by atoms with Crippen LogP contribution >= 0.6 is 0 Å². The largest absolute Gasteiger partial charge is 0.394 e. The molecule has 1 aromatic heterocycles. The Morgan fingerprint density at radius 1 is 1.13 bits per heavy atom. The van der Waals surface area contributed by atoms with E-state index < -0.39 is 16.1 Å². The predicted octanol–water partition coefficient (Wildman–Crippen LogP) is 2.79. The maximum Gasteiger partial charge on any atom is 0.242 e. The number of nitrogens with zero attached hydrogens (tertiary/aromatic N) is 5. The molecule has 0 saturated carbocycles. The Balaban J connectivity index is 1.55. The molecule has 0 aliphatic carbocycles. The highest BCUT2D eigenvalue weighted by molar-refractivity contribution is 7.89. The van der Waals surface area contributed by atoms with E-state index in [2.05, 4.69) is 10.3 Å². The first-order valence-corrected chi connectivity index (χ1v) is 14.7. The lowest BCUT2D eigenvalue weighted by molar-refractivity contribution is -0.136. The van der Waals surface area contributed by atoms with Crippen molar-refractivity contribution in [3.05, 3.63) is 66.5 Å². The van der Waals surface area contributed by atoms with Crippen LogP contribution in [0.1, 0.15) is 32.4 Å². The first-order valence-electron chi connectivity index (χ1n) is 13.2. The number of fused-ring (bicyclic) bond motifs is 2. The van der Waals surface area contributed by atoms with Crippen LogP contribution in [-0.2, 0) is 32.7 Å². The summed E-state index contributed by atoms with van der Waals surface area (Å²) in [5.41, 5.74) is 2.58. The molecule has 2 bridgehead atoms. The van der Waals surface area contributed by atoms with Crippen LogP contribution in [0.5, 0.6) is 0 Å². The number of aryl methyl sites for hydroxylation is 1. The highest BCUT2D eigenvalue weighted by Gasteiger charge is 2.31. The third kappa shape index (κ3) is 7.10. The number of hydrogen-bond acceptors (Lipinski definition) is 7. The van der Waals surface area contributed by atoms with E-state index in [0.29, 0.717) is 31.6 Å². The van der Waals surface area contributed by atoms with E-state index in [1.807, 2.05) is 37.3 Å². The van der Waals surface area contributed by atoms with Crippen molar-refractivity contribution in [2.24, 2.45) is 5.92 Å². The van der Waals surface area contributed by atoms with Crippen LogP contribution in [0.25, 0.3) is 11.1 Å². The van der Waals surface area contributed by atoms with Gasteiger partial charge in [0.05, 0.1) is 36.5 Å². The summed E-state index contributed by atoms with van der Waals surface area (Å²) in [6.45, 7) is 4.69. The maximum absolute atomic E-state index is 13.5. The Hall–Kier alpha value is -3.12. The molecule has 10 nitrogen and oxygen atoms in total. The van der Waals surface area contributed by atoms with Crippen LogP contribution in [0.15, 0.2) is 65.7 Å². The zero-order chi connectivity index (χ0) is 28.0. The Morgan fingerprint density at radius 2 is 1.82 bits per heavy atom. The highest BCUT2D eigenvalue weighted by Crippen LogP contribution is 2.24. The first-order chi connectivity index (χ1) is 18.7. The third-order valence-electron chi connectivity index (χ3n) is 7.15. The summed E-state index contributed by atoms with van der Waals surface area (Å²) >= 11 is 0. The molecule has 4 rings (SSSR count). The lowest BCUT2D eigenvalue weighted by atomic mass is 10.0. The Labute approximate surface area is 230 Å². The number of sulfonamides is 1. The normalized spacial score (nSPS) is 20.2. The van der Waals surface area contributed by atoms with E-state index >= 15 is 0 Å². The minimum atomic E-state index is -3.81. The van der Waals surface area contributed by atoms with E-state index in [4.69, 9.17) is 4.74 Å². The van der Waals surface area contributed by atoms with Gasteiger partial charge in [-0.05, 0) is 36.6 Å². The molecule has 0 fully saturated rings. The summed E-state index contributed by atoms with van der Waals surface area (Å²) in [6, 6.07) is 16.2. The zero-order valence-electron chi connectivity index (χ0n) is 22.7. The molecule has 210 valence electrons. The number of hydrogen-bond donors (Lipinski definition) is 1. The smallest absolute Gasteiger partial charge is 0.242 e. The average Bonchev–Trinajstić information content (AvgIpc) is 3.41. The Bertz CT molecular complexity index is 1330. The number of aliphatic hydroxyl groups excluding tert-OH is 1. The van der Waals surface area contributed by atoms with Crippen LogP contribution in [0, 0.1) is 5.92 Å². The van der Waals surface area contributed by atoms with E-state index in [1.165, 1.54) is 11.4 Å². The van der Waals surface area contributed by atoms with Gasteiger partial charge < -0.3 is 14.7 Å². The third-order valence-corrected chi connectivity index (χ3v) is 8.99. The minimum absolute atomic E-state index is 0.0683. The van der Waals surface area contributed by atoms with Gasteiger partial charge in [-0.3, -0.25) is 9.48 Å². The van der Waals surface area contributed by atoms with Crippen molar-refractivity contribution >= 4 is 15.9 Å². The van der Waals surface area contributed by atoms with Crippen molar-refractivity contribution in [2.45, 2.75) is 56.9 Å². The summed E-state index contributed by atoms with van der Waals surface area (Å²) in [7, 11) is -2.27. The molecule has 2 aromatic carbocycles. The van der Waals surface area contributed by atoms with Crippen molar-refractivity contribution in [1.29, 1.82) is 0 Å². The topological polar surface area (TPSA) is 118 Å². The summed E-state index contributed by atoms with van der Waals surface area (Å²) in [4.78, 5) is 14.9. The van der Waals surface area contributed by atoms with Gasteiger partial charge in [0.1, 0.15) is 5.69 Å². The van der Waals surface area contributed by atoms with E-state index in [-0.39, 0.29) is 42.5 Å². The number of benzene rings is 2. The first kappa shape index (κ1) is 28.9. The fraction of sp³-hybridized carbons (Fsp3) is 0.464. The van der Waals surface area contributed by atoms with E-state index in [1.54, 1.807) is 47.0 Å². The molecular formula is C28H37N5O5S. The van der Waals surface area contributed by atoms with Gasteiger partial charge in [-0.1, -0.05) is 54.6 Å². The Morgan fingerprint density at radius 3 is 2.51 bits per heavy atom. The molecule has 0 radical (unpaired) electrons. The number of aliphatic hydroxyl groups is 1. The molecular weight excluding hydrogens is 518 g/mol. The van der Waals surface area contributed by atoms with Crippen molar-refractivity contribution in [1.82, 2.24) is 24.2 Å². The van der Waals surface area contributed by atoms with Crippen LogP contribution in [0.4, 0.5) is 0 Å². The van der Waals surface area contributed by atoms with Gasteiger partial charge in [0, 0.05) is 39.0 Å². The van der Waals surface area contributed by atoms with Gasteiger partial charge in [0.2, 0.25) is 15.9 Å². The number of rotatable bonds is 7. The molecule has 0 unspecified atom stereocenters. The molecule has 1 aliphatic rings. The molecule has 39 heavy (non-hydrogen) atoms. The molecule has 1 amide bonds. The highest BCUT2D eigenvalue weighted by atomic mass is 32.2. The molecule has 1 N–H and O–H groups in total. The summed E-state index contributed by atoms with van der Waals surface area (Å²) < 4.78 is 36.2. The van der Waals surface area contributed by atoms with E-state index in [9.17, 15) is 18.3 Å². The molecule has 1 aliphatic heterocycles. The van der Waals surface area contributed by atoms with Crippen LogP contribution < -0.4 is 0 Å². The monoisotopic (exact) mass is 555 g/mol. The fourth-order valence-corrected chi connectivity index (χ4v) is 5.86. The molecule has 11 heteroatoms. The average molecular weight is 556 g/mol. The number of carbonyl (C=O) groups is 1. The number of likely N-dealkylation sites (N-methyl/N-ethyl adjacent to an activating group) is 1. The molecule has 0 spiro atoms. The quantitative estimate of drug-likeness (QED) is 0.476. The molecule has 2 heterocycles. The van der Waals surface area contributed by atoms with Gasteiger partial charge in [-0.25, -0.2) is 8.42 Å². The van der Waals surface area contributed by atoms with Crippen molar-refractivity contribution < 1.29 is 23.1 Å². The number of amides is 1. The van der Waals surface area contributed by atoms with Crippen molar-refractivity contribution in [3.8, 4) is 11.1 Å². The SMILES string of the molecule is C[C@H](CO)N1C[C@H](C)[C@H](CN(C)S(=O)(=O)c2ccc(-c3ccccc3)cc2)OCc2cn(nn2)CCCC1=O. The second-order valence-corrected chi connectivity index (χ2v) is 12.2. The van der Waals surface area contributed by atoms with Crippen molar-refractivity contribution in [3.63, 3.8) is 0 Å². The molecule has 3 atom stereocenters. The zero-order valence-corrected chi connectivity index (χ0v) is 23.5. The Kier molecular flexibility index (Phi) is 9.49. The summed E-state index contributed by atoms with van der Waals surface area (Å²) in [6.07, 6.45) is 2.15. The second kappa shape index (κ2) is 12.8. The fourth-order valence-electron chi connectivity index (χ4n) is 4.67. The predicted molar refractivity (Wildman–Crippen MR) is 147 cm³/mol. The van der Waals surface area contributed by atoms with Gasteiger partial charge in [0.15, 0.2) is 0 Å².